The van der Waals surface area contributed by atoms with E-state index in [0.29, 0.717) is 37.1 Å². The summed E-state index contributed by atoms with van der Waals surface area (Å²) >= 11 is 3.14. The van der Waals surface area contributed by atoms with Gasteiger partial charge >= 0.3 is 12.1 Å². The molecule has 186 valence electrons. The molecule has 0 saturated carbocycles. The number of hydrogen-bond acceptors (Lipinski definition) is 7. The fourth-order valence-electron chi connectivity index (χ4n) is 5.63. The molecule has 3 aliphatic heterocycles. The number of carbonyl (C=O) groups is 1. The fraction of sp³-hybridized carbons (Fsp3) is 0.565. The number of likely N-dealkylation sites (N-methyl/N-ethyl adjacent to an activating group) is 1. The van der Waals surface area contributed by atoms with Crippen LogP contribution in [0.4, 0.5) is 19.4 Å². The molecule has 12 heteroatoms. The minimum Gasteiger partial charge on any atom is -0.465 e. The zero-order chi connectivity index (χ0) is 24.9. The molecule has 0 aliphatic carbocycles. The molecular weight excluding hydrogens is 526 g/mol. The number of alkyl halides is 1. The average molecular weight is 551 g/mol. The summed E-state index contributed by atoms with van der Waals surface area (Å²) < 4.78 is 35.5. The standard InChI is InChI=1S/C23H25BrF2N6O3/c1-30(15-3-6-31(11-15)22(33)34)20-16-7-13(9-27)17(24)18(26)19(16)28-21(29-20)35-12-23-4-2-5-32(23)10-14(25)8-23/h7,14-15H,2-6,8,10-12H2,1H3,(H,33,34)/t14-,15-,23+/m1/s1. The SMILES string of the molecule is CN(c1nc(OC[C@@]23CCCN2C[C@H](F)C3)nc2c(F)c(Br)c(C#N)cc12)[C@@H]1CCN(C(=O)O)C1. The van der Waals surface area contributed by atoms with Crippen molar-refractivity contribution in [3.05, 3.63) is 21.9 Å². The first kappa shape index (κ1) is 23.9. The van der Waals surface area contributed by atoms with E-state index in [1.54, 1.807) is 11.9 Å². The van der Waals surface area contributed by atoms with Crippen molar-refractivity contribution in [2.24, 2.45) is 0 Å². The lowest BCUT2D eigenvalue weighted by Gasteiger charge is -2.31. The largest absolute Gasteiger partial charge is 0.465 e. The lowest BCUT2D eigenvalue weighted by Crippen LogP contribution is -2.43. The Morgan fingerprint density at radius 2 is 2.23 bits per heavy atom. The number of benzene rings is 1. The smallest absolute Gasteiger partial charge is 0.407 e. The van der Waals surface area contributed by atoms with E-state index in [1.807, 2.05) is 6.07 Å². The first-order valence-corrected chi connectivity index (χ1v) is 12.3. The van der Waals surface area contributed by atoms with E-state index in [1.165, 1.54) is 11.0 Å². The van der Waals surface area contributed by atoms with E-state index in [4.69, 9.17) is 4.74 Å². The number of rotatable bonds is 5. The third-order valence-electron chi connectivity index (χ3n) is 7.50. The van der Waals surface area contributed by atoms with Gasteiger partial charge in [-0.05, 0) is 47.8 Å². The Bertz CT molecular complexity index is 1230. The highest BCUT2D eigenvalue weighted by molar-refractivity contribution is 9.10. The van der Waals surface area contributed by atoms with Gasteiger partial charge in [0.1, 0.15) is 30.2 Å². The van der Waals surface area contributed by atoms with Crippen LogP contribution in [0.15, 0.2) is 10.5 Å². The second-order valence-electron chi connectivity index (χ2n) is 9.54. The maximum Gasteiger partial charge on any atom is 0.407 e. The van der Waals surface area contributed by atoms with Gasteiger partial charge in [0.15, 0.2) is 5.82 Å². The van der Waals surface area contributed by atoms with Gasteiger partial charge in [-0.25, -0.2) is 13.6 Å². The number of nitriles is 1. The van der Waals surface area contributed by atoms with Crippen molar-refractivity contribution in [1.29, 1.82) is 5.26 Å². The van der Waals surface area contributed by atoms with Gasteiger partial charge in [0.05, 0.1) is 15.6 Å². The van der Waals surface area contributed by atoms with Crippen LogP contribution in [0.2, 0.25) is 0 Å². The number of hydrogen-bond donors (Lipinski definition) is 1. The molecule has 1 aromatic heterocycles. The van der Waals surface area contributed by atoms with Crippen molar-refractivity contribution < 1.29 is 23.4 Å². The molecule has 35 heavy (non-hydrogen) atoms. The van der Waals surface area contributed by atoms with Crippen LogP contribution in [0.5, 0.6) is 6.01 Å². The van der Waals surface area contributed by atoms with E-state index < -0.39 is 23.6 Å². The minimum absolute atomic E-state index is 0.000276. The van der Waals surface area contributed by atoms with Crippen LogP contribution < -0.4 is 9.64 Å². The van der Waals surface area contributed by atoms with Gasteiger partial charge in [0, 0.05) is 44.5 Å². The molecule has 1 aromatic carbocycles. The van der Waals surface area contributed by atoms with Crippen LogP contribution >= 0.6 is 15.9 Å². The van der Waals surface area contributed by atoms with Gasteiger partial charge in [-0.2, -0.15) is 15.2 Å². The molecular formula is C23H25BrF2N6O3. The number of carboxylic acid groups (broad SMARTS) is 1. The van der Waals surface area contributed by atoms with Crippen molar-refractivity contribution in [3.63, 3.8) is 0 Å². The Labute approximate surface area is 209 Å². The number of ether oxygens (including phenoxy) is 1. The third-order valence-corrected chi connectivity index (χ3v) is 8.27. The van der Waals surface area contributed by atoms with E-state index in [9.17, 15) is 19.6 Å². The molecule has 0 spiro atoms. The van der Waals surface area contributed by atoms with Crippen LogP contribution in [0.3, 0.4) is 0 Å². The van der Waals surface area contributed by atoms with E-state index in [-0.39, 0.29) is 40.8 Å². The van der Waals surface area contributed by atoms with Crippen LogP contribution in [0, 0.1) is 17.1 Å². The molecule has 3 saturated heterocycles. The van der Waals surface area contributed by atoms with Gasteiger partial charge in [-0.3, -0.25) is 4.90 Å². The average Bonchev–Trinajstić information content (AvgIpc) is 3.54. The van der Waals surface area contributed by atoms with E-state index in [0.717, 1.165) is 19.4 Å². The monoisotopic (exact) mass is 550 g/mol. The predicted molar refractivity (Wildman–Crippen MR) is 127 cm³/mol. The number of aromatic nitrogens is 2. The summed E-state index contributed by atoms with van der Waals surface area (Å²) in [7, 11) is 1.76. The van der Waals surface area contributed by atoms with Crippen LogP contribution in [-0.2, 0) is 0 Å². The molecule has 0 unspecified atom stereocenters. The Kier molecular flexibility index (Phi) is 6.17. The lowest BCUT2D eigenvalue weighted by molar-refractivity contribution is 0.107. The van der Waals surface area contributed by atoms with Crippen molar-refractivity contribution >= 4 is 38.7 Å². The molecule has 3 fully saturated rings. The van der Waals surface area contributed by atoms with Crippen molar-refractivity contribution in [1.82, 2.24) is 19.8 Å². The second-order valence-corrected chi connectivity index (χ2v) is 10.3. The number of anilines is 1. The molecule has 5 rings (SSSR count). The Morgan fingerprint density at radius 1 is 1.43 bits per heavy atom. The van der Waals surface area contributed by atoms with Crippen molar-refractivity contribution in [2.45, 2.75) is 43.4 Å². The summed E-state index contributed by atoms with van der Waals surface area (Å²) in [6.45, 7) is 2.04. The predicted octanol–water partition coefficient (Wildman–Crippen LogP) is 3.55. The third kappa shape index (κ3) is 4.14. The zero-order valence-electron chi connectivity index (χ0n) is 19.2. The maximum atomic E-state index is 15.3. The molecule has 1 amide bonds. The molecule has 0 radical (unpaired) electrons. The number of nitrogens with zero attached hydrogens (tertiary/aromatic N) is 6. The number of likely N-dealkylation sites (tertiary alicyclic amines) is 1. The summed E-state index contributed by atoms with van der Waals surface area (Å²) in [5, 5.41) is 19.1. The minimum atomic E-state index is -0.998. The highest BCUT2D eigenvalue weighted by Crippen LogP contribution is 2.41. The first-order valence-electron chi connectivity index (χ1n) is 11.5. The van der Waals surface area contributed by atoms with E-state index in [2.05, 4.69) is 30.8 Å². The summed E-state index contributed by atoms with van der Waals surface area (Å²) in [4.78, 5) is 25.5. The number of amides is 1. The fourth-order valence-corrected chi connectivity index (χ4v) is 6.03. The van der Waals surface area contributed by atoms with Gasteiger partial charge in [-0.15, -0.1) is 0 Å². The van der Waals surface area contributed by atoms with Crippen LogP contribution in [0.25, 0.3) is 10.9 Å². The van der Waals surface area contributed by atoms with Gasteiger partial charge < -0.3 is 19.6 Å². The molecule has 2 aromatic rings. The Hall–Kier alpha value is -2.78. The van der Waals surface area contributed by atoms with Crippen LogP contribution in [-0.4, -0.2) is 88.6 Å². The second kappa shape index (κ2) is 9.02. The summed E-state index contributed by atoms with van der Waals surface area (Å²) in [5.41, 5.74) is -0.326. The van der Waals surface area contributed by atoms with Gasteiger partial charge in [0.2, 0.25) is 0 Å². The van der Waals surface area contributed by atoms with Gasteiger partial charge in [-0.1, -0.05) is 0 Å². The topological polar surface area (TPSA) is 106 Å². The number of halogens is 3. The summed E-state index contributed by atoms with van der Waals surface area (Å²) in [6, 6.07) is 3.26. The Morgan fingerprint density at radius 3 is 2.94 bits per heavy atom. The summed E-state index contributed by atoms with van der Waals surface area (Å²) in [5.74, 6) is -0.356. The highest BCUT2D eigenvalue weighted by atomic mass is 79.9. The van der Waals surface area contributed by atoms with Gasteiger partial charge in [0.25, 0.3) is 0 Å². The Balaban J connectivity index is 1.52. The first-order chi connectivity index (χ1) is 16.7. The molecule has 4 heterocycles. The molecule has 1 N–H and O–H groups in total. The maximum absolute atomic E-state index is 15.3. The zero-order valence-corrected chi connectivity index (χ0v) is 20.8. The van der Waals surface area contributed by atoms with E-state index >= 15 is 4.39 Å². The highest BCUT2D eigenvalue weighted by Gasteiger charge is 2.49. The quantitative estimate of drug-likeness (QED) is 0.602. The molecule has 0 bridgehead atoms. The molecule has 3 atom stereocenters. The lowest BCUT2D eigenvalue weighted by atomic mass is 9.95. The summed E-state index contributed by atoms with van der Waals surface area (Å²) in [6.07, 6.45) is 0.823. The molecule has 3 aliphatic rings. The van der Waals surface area contributed by atoms with Crippen molar-refractivity contribution in [3.8, 4) is 12.1 Å². The molecule has 9 nitrogen and oxygen atoms in total. The normalized spacial score (nSPS) is 26.2. The van der Waals surface area contributed by atoms with Crippen molar-refractivity contribution in [2.75, 3.05) is 44.7 Å². The van der Waals surface area contributed by atoms with Crippen LogP contribution in [0.1, 0.15) is 31.2 Å². The number of fused-ring (bicyclic) bond motifs is 2.